The van der Waals surface area contributed by atoms with Crippen molar-refractivity contribution in [3.8, 4) is 0 Å². The van der Waals surface area contributed by atoms with Crippen molar-refractivity contribution < 1.29 is 0 Å². The van der Waals surface area contributed by atoms with Gasteiger partial charge in [0.05, 0.1) is 12.0 Å². The summed E-state index contributed by atoms with van der Waals surface area (Å²) in [5, 5.41) is 3.49. The van der Waals surface area contributed by atoms with E-state index < -0.39 is 0 Å². The van der Waals surface area contributed by atoms with Crippen LogP contribution in [0.5, 0.6) is 0 Å². The van der Waals surface area contributed by atoms with Crippen LogP contribution in [0.15, 0.2) is 12.5 Å². The number of aromatic nitrogens is 2. The number of hydrogen-bond acceptors (Lipinski definition) is 3. The Bertz CT molecular complexity index is 319. The molecular formula is C14H28N4. The van der Waals surface area contributed by atoms with Gasteiger partial charge >= 0.3 is 0 Å². The van der Waals surface area contributed by atoms with E-state index in [1.54, 1.807) is 0 Å². The summed E-state index contributed by atoms with van der Waals surface area (Å²) in [7, 11) is 2.19. The summed E-state index contributed by atoms with van der Waals surface area (Å²) in [6, 6.07) is 0.650. The van der Waals surface area contributed by atoms with Gasteiger partial charge in [-0.2, -0.15) is 0 Å². The lowest BCUT2D eigenvalue weighted by molar-refractivity contribution is 0.268. The summed E-state index contributed by atoms with van der Waals surface area (Å²) in [5.74, 6) is 0. The van der Waals surface area contributed by atoms with E-state index in [9.17, 15) is 0 Å². The first-order valence-corrected chi connectivity index (χ1v) is 7.05. The topological polar surface area (TPSA) is 33.1 Å². The first kappa shape index (κ1) is 15.2. The van der Waals surface area contributed by atoms with Crippen LogP contribution in [0.4, 0.5) is 0 Å². The zero-order valence-corrected chi connectivity index (χ0v) is 12.3. The molecule has 1 heterocycles. The van der Waals surface area contributed by atoms with Gasteiger partial charge in [-0.1, -0.05) is 0 Å². The number of nitrogens with zero attached hydrogens (tertiary/aromatic N) is 3. The number of rotatable bonds is 9. The molecule has 1 aromatic rings. The molecule has 104 valence electrons. The second-order valence-electron chi connectivity index (χ2n) is 5.13. The normalized spacial score (nSPS) is 11.7. The van der Waals surface area contributed by atoms with E-state index in [0.717, 1.165) is 19.6 Å². The number of unbranched alkanes of at least 4 members (excludes halogenated alkanes) is 1. The minimum Gasteiger partial charge on any atom is -0.334 e. The van der Waals surface area contributed by atoms with Gasteiger partial charge in [0.2, 0.25) is 0 Å². The summed E-state index contributed by atoms with van der Waals surface area (Å²) < 4.78 is 2.18. The largest absolute Gasteiger partial charge is 0.334 e. The quantitative estimate of drug-likeness (QED) is 0.683. The fraction of sp³-hybridized carbons (Fsp3) is 0.786. The predicted octanol–water partition coefficient (Wildman–Crippen LogP) is 2.11. The Morgan fingerprint density at radius 3 is 2.83 bits per heavy atom. The van der Waals surface area contributed by atoms with Crippen LogP contribution in [0.25, 0.3) is 0 Å². The number of imidazole rings is 1. The van der Waals surface area contributed by atoms with Crippen molar-refractivity contribution in [3.05, 3.63) is 18.2 Å². The number of nitrogens with one attached hydrogen (secondary N) is 1. The van der Waals surface area contributed by atoms with Gasteiger partial charge in [-0.25, -0.2) is 4.98 Å². The smallest absolute Gasteiger partial charge is 0.0948 e. The van der Waals surface area contributed by atoms with Gasteiger partial charge in [-0.05, 0) is 53.8 Å². The van der Waals surface area contributed by atoms with E-state index in [0.29, 0.717) is 6.04 Å². The summed E-state index contributed by atoms with van der Waals surface area (Å²) in [6.07, 6.45) is 6.34. The van der Waals surface area contributed by atoms with Crippen molar-refractivity contribution >= 4 is 0 Å². The second-order valence-corrected chi connectivity index (χ2v) is 5.13. The molecule has 0 bridgehead atoms. The summed E-state index contributed by atoms with van der Waals surface area (Å²) in [5.41, 5.74) is 1.27. The van der Waals surface area contributed by atoms with Crippen molar-refractivity contribution in [2.45, 2.75) is 52.7 Å². The molecular weight excluding hydrogens is 224 g/mol. The Morgan fingerprint density at radius 2 is 2.17 bits per heavy atom. The molecule has 0 aromatic carbocycles. The average molecular weight is 252 g/mol. The third-order valence-electron chi connectivity index (χ3n) is 3.44. The number of hydrogen-bond donors (Lipinski definition) is 1. The molecule has 0 amide bonds. The van der Waals surface area contributed by atoms with Crippen LogP contribution in [-0.4, -0.2) is 40.6 Å². The molecule has 0 aliphatic carbocycles. The van der Waals surface area contributed by atoms with E-state index in [2.05, 4.69) is 47.6 Å². The first-order chi connectivity index (χ1) is 8.65. The second kappa shape index (κ2) is 8.27. The minimum absolute atomic E-state index is 0.650. The summed E-state index contributed by atoms with van der Waals surface area (Å²) in [4.78, 5) is 6.56. The molecule has 0 aliphatic heterocycles. The Balaban J connectivity index is 2.05. The highest BCUT2D eigenvalue weighted by Gasteiger charge is 2.02. The molecule has 0 atom stereocenters. The first-order valence-electron chi connectivity index (χ1n) is 7.05. The van der Waals surface area contributed by atoms with E-state index in [4.69, 9.17) is 0 Å². The van der Waals surface area contributed by atoms with E-state index in [1.807, 2.05) is 12.5 Å². The Kier molecular flexibility index (Phi) is 6.98. The van der Waals surface area contributed by atoms with Crippen molar-refractivity contribution in [2.75, 3.05) is 20.1 Å². The van der Waals surface area contributed by atoms with Gasteiger partial charge < -0.3 is 14.8 Å². The van der Waals surface area contributed by atoms with Crippen LogP contribution in [0.3, 0.4) is 0 Å². The van der Waals surface area contributed by atoms with E-state index in [1.165, 1.54) is 25.1 Å². The highest BCUT2D eigenvalue weighted by atomic mass is 15.1. The third-order valence-corrected chi connectivity index (χ3v) is 3.44. The monoisotopic (exact) mass is 252 g/mol. The van der Waals surface area contributed by atoms with Crippen LogP contribution in [-0.2, 0) is 13.1 Å². The van der Waals surface area contributed by atoms with Crippen molar-refractivity contribution in [2.24, 2.45) is 0 Å². The fourth-order valence-electron chi connectivity index (χ4n) is 1.87. The van der Waals surface area contributed by atoms with Gasteiger partial charge in [-0.15, -0.1) is 0 Å². The highest BCUT2D eigenvalue weighted by molar-refractivity contribution is 4.97. The summed E-state index contributed by atoms with van der Waals surface area (Å²) >= 11 is 0. The molecule has 0 unspecified atom stereocenters. The maximum absolute atomic E-state index is 4.17. The van der Waals surface area contributed by atoms with Crippen molar-refractivity contribution in [1.29, 1.82) is 0 Å². The Labute approximate surface area is 111 Å². The molecule has 0 fully saturated rings. The summed E-state index contributed by atoms with van der Waals surface area (Å²) in [6.45, 7) is 10.8. The van der Waals surface area contributed by atoms with E-state index >= 15 is 0 Å². The van der Waals surface area contributed by atoms with Crippen molar-refractivity contribution in [1.82, 2.24) is 19.8 Å². The van der Waals surface area contributed by atoms with Gasteiger partial charge in [0.1, 0.15) is 0 Å². The number of aryl methyl sites for hydroxylation is 1. The maximum Gasteiger partial charge on any atom is 0.0948 e. The molecule has 0 saturated carbocycles. The average Bonchev–Trinajstić information content (AvgIpc) is 2.80. The Hall–Kier alpha value is -0.870. The highest BCUT2D eigenvalue weighted by Crippen LogP contribution is 2.00. The molecule has 0 saturated heterocycles. The standard InChI is InChI=1S/C14H28N4/c1-5-18-12-16-11-14(18)10-15-8-6-7-9-17(4)13(2)3/h11-13,15H,5-10H2,1-4H3. The van der Waals surface area contributed by atoms with Crippen LogP contribution in [0, 0.1) is 0 Å². The third kappa shape index (κ3) is 5.19. The van der Waals surface area contributed by atoms with Crippen LogP contribution >= 0.6 is 0 Å². The maximum atomic E-state index is 4.17. The fourth-order valence-corrected chi connectivity index (χ4v) is 1.87. The molecule has 0 radical (unpaired) electrons. The molecule has 1 N–H and O–H groups in total. The predicted molar refractivity (Wildman–Crippen MR) is 76.6 cm³/mol. The van der Waals surface area contributed by atoms with Crippen LogP contribution < -0.4 is 5.32 Å². The molecule has 4 heteroatoms. The lowest BCUT2D eigenvalue weighted by Crippen LogP contribution is -2.27. The van der Waals surface area contributed by atoms with Gasteiger partial charge in [0, 0.05) is 25.3 Å². The van der Waals surface area contributed by atoms with E-state index in [-0.39, 0.29) is 0 Å². The van der Waals surface area contributed by atoms with Gasteiger partial charge in [0.25, 0.3) is 0 Å². The molecule has 4 nitrogen and oxygen atoms in total. The Morgan fingerprint density at radius 1 is 1.39 bits per heavy atom. The zero-order valence-electron chi connectivity index (χ0n) is 12.3. The van der Waals surface area contributed by atoms with Crippen LogP contribution in [0.2, 0.25) is 0 Å². The molecule has 1 aromatic heterocycles. The van der Waals surface area contributed by atoms with Crippen LogP contribution in [0.1, 0.15) is 39.3 Å². The van der Waals surface area contributed by atoms with Gasteiger partial charge in [0.15, 0.2) is 0 Å². The van der Waals surface area contributed by atoms with Crippen molar-refractivity contribution in [3.63, 3.8) is 0 Å². The molecule has 0 spiro atoms. The lowest BCUT2D eigenvalue weighted by Gasteiger charge is -2.20. The molecule has 0 aliphatic rings. The van der Waals surface area contributed by atoms with Gasteiger partial charge in [-0.3, -0.25) is 0 Å². The minimum atomic E-state index is 0.650. The molecule has 1 rings (SSSR count). The SMILES string of the molecule is CCn1cncc1CNCCCCN(C)C(C)C. The molecule has 18 heavy (non-hydrogen) atoms. The lowest BCUT2D eigenvalue weighted by atomic mass is 10.2. The zero-order chi connectivity index (χ0) is 13.4.